The van der Waals surface area contributed by atoms with Crippen LogP contribution in [0.5, 0.6) is 0 Å². The van der Waals surface area contributed by atoms with E-state index in [1.54, 1.807) is 0 Å². The fraction of sp³-hybridized carbons (Fsp3) is 0.759. The summed E-state index contributed by atoms with van der Waals surface area (Å²) in [7, 11) is 1.30. The maximum atomic E-state index is 13.1. The van der Waals surface area contributed by atoms with Gasteiger partial charge in [-0.2, -0.15) is 0 Å². The van der Waals surface area contributed by atoms with Crippen LogP contribution in [0.25, 0.3) is 0 Å². The summed E-state index contributed by atoms with van der Waals surface area (Å²) in [5.41, 5.74) is 0. The average Bonchev–Trinajstić information content (AvgIpc) is 3.70. The van der Waals surface area contributed by atoms with Crippen molar-refractivity contribution in [1.29, 1.82) is 0 Å². The lowest BCUT2D eigenvalue weighted by Crippen LogP contribution is -2.46. The number of carbonyl (C=O) groups excluding carboxylic acids is 1. The van der Waals surface area contributed by atoms with E-state index >= 15 is 0 Å². The van der Waals surface area contributed by atoms with Crippen molar-refractivity contribution in [3.63, 3.8) is 0 Å². The molecule has 2 N–H and O–H groups in total. The van der Waals surface area contributed by atoms with Crippen molar-refractivity contribution in [2.24, 2.45) is 0 Å². The number of nitrogens with one attached hydrogen (secondary N) is 1. The topological polar surface area (TPSA) is 108 Å². The number of phosphoric acid groups is 1. The molecular formula is C79H143N2O6P. The molecule has 0 heterocycles. The largest absolute Gasteiger partial charge is 0.756 e. The molecular weight excluding hydrogens is 1100 g/mol. The molecule has 0 radical (unpaired) electrons. The number of allylic oxidation sites excluding steroid dienone is 18. The molecule has 0 aliphatic heterocycles. The molecule has 3 unspecified atom stereocenters. The lowest BCUT2D eigenvalue weighted by Gasteiger charge is -2.30. The summed E-state index contributed by atoms with van der Waals surface area (Å²) in [4.78, 5) is 25.7. The molecule has 0 aromatic carbocycles. The zero-order valence-electron chi connectivity index (χ0n) is 58.4. The Balaban J connectivity index is 4.05. The van der Waals surface area contributed by atoms with Crippen LogP contribution in [0.3, 0.4) is 0 Å². The fourth-order valence-electron chi connectivity index (χ4n) is 10.8. The van der Waals surface area contributed by atoms with Gasteiger partial charge in [0, 0.05) is 6.42 Å². The molecule has 0 aromatic heterocycles. The summed E-state index contributed by atoms with van der Waals surface area (Å²) in [6.07, 6.45) is 100. The van der Waals surface area contributed by atoms with Crippen molar-refractivity contribution < 1.29 is 32.9 Å². The van der Waals surface area contributed by atoms with Crippen molar-refractivity contribution in [3.8, 4) is 0 Å². The van der Waals surface area contributed by atoms with Crippen LogP contribution in [-0.2, 0) is 18.4 Å². The van der Waals surface area contributed by atoms with Crippen LogP contribution in [0.2, 0.25) is 0 Å². The zero-order chi connectivity index (χ0) is 64.1. The lowest BCUT2D eigenvalue weighted by molar-refractivity contribution is -0.870. The molecule has 510 valence electrons. The minimum absolute atomic E-state index is 0.00821. The molecule has 3 atom stereocenters. The number of unbranched alkanes of at least 4 members (excludes halogenated alkanes) is 37. The average molecular weight is 1250 g/mol. The van der Waals surface area contributed by atoms with Gasteiger partial charge in [-0.15, -0.1) is 0 Å². The third-order valence-electron chi connectivity index (χ3n) is 16.5. The number of nitrogens with zero attached hydrogens (tertiary/aromatic N) is 1. The van der Waals surface area contributed by atoms with E-state index in [1.165, 1.54) is 212 Å². The molecule has 88 heavy (non-hydrogen) atoms. The Hall–Kier alpha value is -2.84. The molecule has 8 nitrogen and oxygen atoms in total. The summed E-state index contributed by atoms with van der Waals surface area (Å²) in [5.74, 6) is -0.167. The standard InChI is InChI=1S/C79H143N2O6P/c1-6-8-10-12-14-16-18-20-22-24-26-28-30-32-34-35-36-37-38-39-40-41-42-43-44-45-47-49-51-53-55-57-59-61-63-65-67-69-71-73-79(83)80-77(76-87-88(84,85)86-75-74-81(3,4)5)78(82)72-70-68-66-64-62-60-58-56-54-52-50-48-46-33-31-29-27-25-23-21-19-17-15-13-11-9-7-2/h8,10,14,16,20,22,26,28,32,34,36-37,39-40,42-43,45,47,77-78,82H,6-7,9,11-13,15,17-19,21,23-25,27,29-31,33,35,38,41,44,46,48-76H2,1-5H3,(H-,80,83,84,85)/b10-8-,16-14-,22-20-,28-26-,34-32-,37-36-,40-39-,43-42-,47-45-. The predicted octanol–water partition coefficient (Wildman–Crippen LogP) is 23.6. The molecule has 0 aliphatic carbocycles. The smallest absolute Gasteiger partial charge is 0.268 e. The third kappa shape index (κ3) is 70.6. The van der Waals surface area contributed by atoms with Gasteiger partial charge >= 0.3 is 0 Å². The van der Waals surface area contributed by atoms with Gasteiger partial charge < -0.3 is 28.8 Å². The number of carbonyl (C=O) groups is 1. The van der Waals surface area contributed by atoms with Crippen molar-refractivity contribution in [1.82, 2.24) is 5.32 Å². The molecule has 9 heteroatoms. The maximum Gasteiger partial charge on any atom is 0.268 e. The normalized spacial score (nSPS) is 14.2. The van der Waals surface area contributed by atoms with E-state index in [0.717, 1.165) is 96.3 Å². The van der Waals surface area contributed by atoms with Crippen LogP contribution in [-0.4, -0.2) is 68.5 Å². The van der Waals surface area contributed by atoms with Gasteiger partial charge in [-0.1, -0.05) is 354 Å². The predicted molar refractivity (Wildman–Crippen MR) is 385 cm³/mol. The number of hydrogen-bond acceptors (Lipinski definition) is 6. The van der Waals surface area contributed by atoms with E-state index in [1.807, 2.05) is 21.1 Å². The number of amides is 1. The van der Waals surface area contributed by atoms with Gasteiger partial charge in [0.25, 0.3) is 7.82 Å². The number of aliphatic hydroxyl groups is 1. The molecule has 0 aromatic rings. The number of hydrogen-bond donors (Lipinski definition) is 2. The molecule has 0 rings (SSSR count). The molecule has 0 saturated heterocycles. The van der Waals surface area contributed by atoms with Crippen LogP contribution in [0.15, 0.2) is 109 Å². The van der Waals surface area contributed by atoms with Gasteiger partial charge in [0.05, 0.1) is 39.9 Å². The SMILES string of the molecule is CC/C=C\C/C=C\C/C=C\C/C=C\C/C=C\C/C=C\C/C=C\C/C=C\C/C=C\CCCCCCCCCCCCCC(=O)NC(COP(=O)([O-])OCC[N+](C)(C)C)C(O)CCCCCCCCCCCCCCCCCCCCCCCCCCCCC. The minimum atomic E-state index is -4.59. The van der Waals surface area contributed by atoms with Crippen molar-refractivity contribution >= 4 is 13.7 Å². The van der Waals surface area contributed by atoms with E-state index in [4.69, 9.17) is 9.05 Å². The Labute approximate surface area is 546 Å². The van der Waals surface area contributed by atoms with E-state index in [-0.39, 0.29) is 19.1 Å². The quantitative estimate of drug-likeness (QED) is 0.0272. The molecule has 1 amide bonds. The van der Waals surface area contributed by atoms with E-state index in [2.05, 4.69) is 129 Å². The zero-order valence-corrected chi connectivity index (χ0v) is 59.3. The molecule has 0 bridgehead atoms. The van der Waals surface area contributed by atoms with Gasteiger partial charge in [-0.05, 0) is 83.5 Å². The highest BCUT2D eigenvalue weighted by molar-refractivity contribution is 7.45. The van der Waals surface area contributed by atoms with Gasteiger partial charge in [0.1, 0.15) is 13.2 Å². The van der Waals surface area contributed by atoms with Crippen LogP contribution >= 0.6 is 7.82 Å². The Morgan fingerprint density at radius 2 is 0.693 bits per heavy atom. The summed E-state index contributed by atoms with van der Waals surface area (Å²) in [6, 6.07) is -0.811. The van der Waals surface area contributed by atoms with Crippen LogP contribution in [0, 0.1) is 0 Å². The summed E-state index contributed by atoms with van der Waals surface area (Å²) in [6.45, 7) is 4.64. The highest BCUT2D eigenvalue weighted by Crippen LogP contribution is 2.38. The molecule has 0 fully saturated rings. The maximum absolute atomic E-state index is 13.1. The van der Waals surface area contributed by atoms with Crippen molar-refractivity contribution in [2.45, 2.75) is 347 Å². The highest BCUT2D eigenvalue weighted by Gasteiger charge is 2.24. The molecule has 0 saturated carbocycles. The number of likely N-dealkylation sites (N-methyl/N-ethyl adjacent to an activating group) is 1. The van der Waals surface area contributed by atoms with Crippen LogP contribution in [0.4, 0.5) is 0 Å². The molecule has 0 aliphatic rings. The van der Waals surface area contributed by atoms with Crippen LogP contribution < -0.4 is 10.2 Å². The first-order valence-electron chi connectivity index (χ1n) is 37.2. The van der Waals surface area contributed by atoms with Gasteiger partial charge in [-0.3, -0.25) is 9.36 Å². The first-order valence-corrected chi connectivity index (χ1v) is 38.7. The van der Waals surface area contributed by atoms with Gasteiger partial charge in [0.2, 0.25) is 5.91 Å². The van der Waals surface area contributed by atoms with E-state index < -0.39 is 20.0 Å². The number of rotatable bonds is 68. The number of phosphoric ester groups is 1. The van der Waals surface area contributed by atoms with Gasteiger partial charge in [-0.25, -0.2) is 0 Å². The van der Waals surface area contributed by atoms with E-state index in [0.29, 0.717) is 23.9 Å². The van der Waals surface area contributed by atoms with Crippen LogP contribution in [0.1, 0.15) is 335 Å². The first kappa shape index (κ1) is 85.2. The Morgan fingerprint density at radius 3 is 1.01 bits per heavy atom. The molecule has 0 spiro atoms. The summed E-state index contributed by atoms with van der Waals surface area (Å²) >= 11 is 0. The Bertz CT molecular complexity index is 1810. The van der Waals surface area contributed by atoms with E-state index in [9.17, 15) is 19.4 Å². The second-order valence-corrected chi connectivity index (χ2v) is 27.7. The lowest BCUT2D eigenvalue weighted by atomic mass is 10.0. The summed E-state index contributed by atoms with van der Waals surface area (Å²) < 4.78 is 23.6. The third-order valence-corrected chi connectivity index (χ3v) is 17.5. The fourth-order valence-corrected chi connectivity index (χ4v) is 11.5. The Kier molecular flexibility index (Phi) is 66.3. The first-order chi connectivity index (χ1) is 43.0. The minimum Gasteiger partial charge on any atom is -0.756 e. The number of quaternary nitrogens is 1. The number of aliphatic hydroxyl groups excluding tert-OH is 1. The monoisotopic (exact) mass is 1250 g/mol. The Morgan fingerprint density at radius 1 is 0.409 bits per heavy atom. The van der Waals surface area contributed by atoms with Crippen molar-refractivity contribution in [3.05, 3.63) is 109 Å². The van der Waals surface area contributed by atoms with Crippen molar-refractivity contribution in [2.75, 3.05) is 40.9 Å². The second kappa shape index (κ2) is 68.5. The second-order valence-electron chi connectivity index (χ2n) is 26.3. The summed E-state index contributed by atoms with van der Waals surface area (Å²) in [5, 5.41) is 14.1. The van der Waals surface area contributed by atoms with Gasteiger partial charge in [0.15, 0.2) is 0 Å². The highest BCUT2D eigenvalue weighted by atomic mass is 31.2.